The first kappa shape index (κ1) is 12.4. The molecular weight excluding hydrogens is 228 g/mol. The molecule has 0 atom stereocenters. The van der Waals surface area contributed by atoms with Crippen molar-refractivity contribution in [3.05, 3.63) is 29.3 Å². The van der Waals surface area contributed by atoms with Gasteiger partial charge in [0, 0.05) is 17.8 Å². The molecule has 0 aromatic heterocycles. The fourth-order valence-corrected chi connectivity index (χ4v) is 2.46. The average molecular weight is 248 g/mol. The Morgan fingerprint density at radius 1 is 1.47 bits per heavy atom. The molecule has 0 bridgehead atoms. The lowest BCUT2D eigenvalue weighted by Gasteiger charge is -2.25. The van der Waals surface area contributed by atoms with Crippen molar-refractivity contribution in [3.63, 3.8) is 0 Å². The SMILES string of the molecule is Cc1cccc(C(N)=S)c1NCCC1CCC1. The Labute approximate surface area is 109 Å². The number of rotatable bonds is 5. The number of nitrogens with two attached hydrogens (primary N) is 1. The van der Waals surface area contributed by atoms with E-state index in [1.165, 1.54) is 31.2 Å². The van der Waals surface area contributed by atoms with Gasteiger partial charge < -0.3 is 11.1 Å². The molecule has 3 heteroatoms. The molecule has 0 heterocycles. The second kappa shape index (κ2) is 5.50. The molecule has 3 N–H and O–H groups in total. The molecule has 1 aliphatic rings. The fraction of sp³-hybridized carbons (Fsp3) is 0.500. The normalized spacial score (nSPS) is 15.4. The molecule has 1 aliphatic carbocycles. The molecule has 1 aromatic carbocycles. The third kappa shape index (κ3) is 2.97. The van der Waals surface area contributed by atoms with Gasteiger partial charge in [-0.25, -0.2) is 0 Å². The van der Waals surface area contributed by atoms with E-state index in [2.05, 4.69) is 18.3 Å². The van der Waals surface area contributed by atoms with E-state index in [0.29, 0.717) is 4.99 Å². The van der Waals surface area contributed by atoms with Gasteiger partial charge in [-0.05, 0) is 30.9 Å². The second-order valence-corrected chi connectivity index (χ2v) is 5.31. The summed E-state index contributed by atoms with van der Waals surface area (Å²) in [4.78, 5) is 0.472. The van der Waals surface area contributed by atoms with Crippen LogP contribution in [0.3, 0.4) is 0 Å². The minimum Gasteiger partial charge on any atom is -0.389 e. The van der Waals surface area contributed by atoms with Crippen LogP contribution in [0, 0.1) is 12.8 Å². The van der Waals surface area contributed by atoms with Crippen LogP contribution in [0.5, 0.6) is 0 Å². The number of aryl methyl sites for hydroxylation is 1. The molecule has 92 valence electrons. The smallest absolute Gasteiger partial charge is 0.106 e. The summed E-state index contributed by atoms with van der Waals surface area (Å²) in [6, 6.07) is 6.08. The van der Waals surface area contributed by atoms with Crippen molar-refractivity contribution in [1.82, 2.24) is 0 Å². The summed E-state index contributed by atoms with van der Waals surface area (Å²) in [7, 11) is 0. The van der Waals surface area contributed by atoms with Crippen LogP contribution in [-0.4, -0.2) is 11.5 Å². The Kier molecular flexibility index (Phi) is 4.00. The highest BCUT2D eigenvalue weighted by Crippen LogP contribution is 2.29. The lowest BCUT2D eigenvalue weighted by atomic mass is 9.83. The van der Waals surface area contributed by atoms with Crippen molar-refractivity contribution in [2.45, 2.75) is 32.6 Å². The predicted octanol–water partition coefficient (Wildman–Crippen LogP) is 3.23. The molecule has 0 spiro atoms. The Bertz CT molecular complexity index is 411. The Hall–Kier alpha value is -1.09. The zero-order valence-electron chi connectivity index (χ0n) is 10.3. The summed E-state index contributed by atoms with van der Waals surface area (Å²) in [6.07, 6.45) is 5.47. The van der Waals surface area contributed by atoms with Gasteiger partial charge in [-0.1, -0.05) is 43.6 Å². The molecule has 0 radical (unpaired) electrons. The van der Waals surface area contributed by atoms with Crippen molar-refractivity contribution in [1.29, 1.82) is 0 Å². The highest BCUT2D eigenvalue weighted by Gasteiger charge is 2.16. The molecule has 0 saturated heterocycles. The first-order valence-electron chi connectivity index (χ1n) is 6.32. The number of para-hydroxylation sites is 1. The van der Waals surface area contributed by atoms with Crippen LogP contribution in [-0.2, 0) is 0 Å². The van der Waals surface area contributed by atoms with E-state index in [1.807, 2.05) is 12.1 Å². The maximum absolute atomic E-state index is 5.74. The van der Waals surface area contributed by atoms with Crippen LogP contribution in [0.2, 0.25) is 0 Å². The number of hydrogen-bond acceptors (Lipinski definition) is 2. The lowest BCUT2D eigenvalue weighted by molar-refractivity contribution is 0.303. The predicted molar refractivity (Wildman–Crippen MR) is 77.5 cm³/mol. The quantitative estimate of drug-likeness (QED) is 0.786. The van der Waals surface area contributed by atoms with Gasteiger partial charge in [-0.15, -0.1) is 0 Å². The lowest BCUT2D eigenvalue weighted by Crippen LogP contribution is -2.18. The van der Waals surface area contributed by atoms with Gasteiger partial charge in [0.15, 0.2) is 0 Å². The van der Waals surface area contributed by atoms with Crippen molar-refractivity contribution in [2.75, 3.05) is 11.9 Å². The summed E-state index contributed by atoms with van der Waals surface area (Å²) in [5.74, 6) is 0.930. The number of nitrogens with one attached hydrogen (secondary N) is 1. The van der Waals surface area contributed by atoms with Crippen LogP contribution in [0.4, 0.5) is 5.69 Å². The molecule has 2 rings (SSSR count). The Morgan fingerprint density at radius 2 is 2.24 bits per heavy atom. The molecular formula is C14H20N2S. The topological polar surface area (TPSA) is 38.0 Å². The van der Waals surface area contributed by atoms with E-state index >= 15 is 0 Å². The molecule has 1 aromatic rings. The first-order chi connectivity index (χ1) is 8.18. The summed E-state index contributed by atoms with van der Waals surface area (Å²) < 4.78 is 0. The zero-order chi connectivity index (χ0) is 12.3. The van der Waals surface area contributed by atoms with E-state index in [-0.39, 0.29) is 0 Å². The molecule has 0 amide bonds. The molecule has 2 nitrogen and oxygen atoms in total. The summed E-state index contributed by atoms with van der Waals surface area (Å²) in [5.41, 5.74) is 9.03. The van der Waals surface area contributed by atoms with Gasteiger partial charge in [0.05, 0.1) is 0 Å². The van der Waals surface area contributed by atoms with Gasteiger partial charge in [-0.2, -0.15) is 0 Å². The van der Waals surface area contributed by atoms with Crippen molar-refractivity contribution in [3.8, 4) is 0 Å². The van der Waals surface area contributed by atoms with E-state index in [9.17, 15) is 0 Å². The summed E-state index contributed by atoms with van der Waals surface area (Å²) in [5, 5.41) is 3.49. The number of thiocarbonyl (C=S) groups is 1. The number of benzene rings is 1. The van der Waals surface area contributed by atoms with Crippen molar-refractivity contribution < 1.29 is 0 Å². The van der Waals surface area contributed by atoms with Crippen LogP contribution in [0.1, 0.15) is 36.8 Å². The van der Waals surface area contributed by atoms with Crippen LogP contribution >= 0.6 is 12.2 Å². The Balaban J connectivity index is 2.00. The molecule has 17 heavy (non-hydrogen) atoms. The van der Waals surface area contributed by atoms with Crippen LogP contribution < -0.4 is 11.1 Å². The van der Waals surface area contributed by atoms with Gasteiger partial charge >= 0.3 is 0 Å². The number of anilines is 1. The van der Waals surface area contributed by atoms with Gasteiger partial charge in [-0.3, -0.25) is 0 Å². The van der Waals surface area contributed by atoms with Gasteiger partial charge in [0.1, 0.15) is 4.99 Å². The number of hydrogen-bond donors (Lipinski definition) is 2. The van der Waals surface area contributed by atoms with Gasteiger partial charge in [0.25, 0.3) is 0 Å². The monoisotopic (exact) mass is 248 g/mol. The van der Waals surface area contributed by atoms with E-state index in [4.69, 9.17) is 18.0 Å². The maximum Gasteiger partial charge on any atom is 0.106 e. The highest BCUT2D eigenvalue weighted by atomic mass is 32.1. The van der Waals surface area contributed by atoms with E-state index in [1.54, 1.807) is 0 Å². The minimum atomic E-state index is 0.472. The van der Waals surface area contributed by atoms with Crippen molar-refractivity contribution >= 4 is 22.9 Å². The Morgan fingerprint density at radius 3 is 2.82 bits per heavy atom. The summed E-state index contributed by atoms with van der Waals surface area (Å²) in [6.45, 7) is 3.11. The van der Waals surface area contributed by atoms with E-state index in [0.717, 1.165) is 23.7 Å². The third-order valence-corrected chi connectivity index (χ3v) is 3.84. The largest absolute Gasteiger partial charge is 0.389 e. The van der Waals surface area contributed by atoms with Crippen molar-refractivity contribution in [2.24, 2.45) is 11.7 Å². The molecule has 1 saturated carbocycles. The molecule has 0 aliphatic heterocycles. The van der Waals surface area contributed by atoms with E-state index < -0.39 is 0 Å². The van der Waals surface area contributed by atoms with Crippen LogP contribution in [0.25, 0.3) is 0 Å². The summed E-state index contributed by atoms with van der Waals surface area (Å²) >= 11 is 5.08. The zero-order valence-corrected chi connectivity index (χ0v) is 11.1. The molecule has 0 unspecified atom stereocenters. The fourth-order valence-electron chi connectivity index (χ4n) is 2.29. The second-order valence-electron chi connectivity index (χ2n) is 4.87. The van der Waals surface area contributed by atoms with Crippen LogP contribution in [0.15, 0.2) is 18.2 Å². The first-order valence-corrected chi connectivity index (χ1v) is 6.72. The minimum absolute atomic E-state index is 0.472. The third-order valence-electron chi connectivity index (χ3n) is 3.62. The standard InChI is InChI=1S/C14H20N2S/c1-10-4-2-7-12(14(15)17)13(10)16-9-8-11-5-3-6-11/h2,4,7,11,16H,3,5-6,8-9H2,1H3,(H2,15,17). The molecule has 1 fully saturated rings. The highest BCUT2D eigenvalue weighted by molar-refractivity contribution is 7.80. The average Bonchev–Trinajstić information content (AvgIpc) is 2.23. The van der Waals surface area contributed by atoms with Gasteiger partial charge in [0.2, 0.25) is 0 Å². The maximum atomic E-state index is 5.74.